The number of rotatable bonds is 4. The van der Waals surface area contributed by atoms with E-state index in [1.165, 1.54) is 37.4 Å². The van der Waals surface area contributed by atoms with Gasteiger partial charge in [0.2, 0.25) is 11.8 Å². The lowest BCUT2D eigenvalue weighted by molar-refractivity contribution is -0.140. The molecule has 3 aromatic rings. The van der Waals surface area contributed by atoms with E-state index in [-0.39, 0.29) is 30.4 Å². The number of anilines is 1. The van der Waals surface area contributed by atoms with Gasteiger partial charge in [-0.1, -0.05) is 51.3 Å². The first-order chi connectivity index (χ1) is 21.0. The van der Waals surface area contributed by atoms with Crippen molar-refractivity contribution in [3.05, 3.63) is 105 Å². The largest absolute Gasteiger partial charge is 0.508 e. The van der Waals surface area contributed by atoms with E-state index in [4.69, 9.17) is 11.6 Å². The molecule has 6 unspecified atom stereocenters. The molecule has 0 radical (unpaired) electrons. The van der Waals surface area contributed by atoms with Crippen LogP contribution in [0.15, 0.2) is 82.9 Å². The fourth-order valence-electron chi connectivity index (χ4n) is 7.91. The molecule has 0 bridgehead atoms. The lowest BCUT2D eigenvalue weighted by atomic mass is 9.49. The molecule has 4 aliphatic rings. The molecule has 2 heterocycles. The molecule has 4 amide bonds. The fraction of sp³-hybridized carbons (Fsp3) is 0.273. The molecule has 8 nitrogen and oxygen atoms in total. The number of benzene rings is 3. The van der Waals surface area contributed by atoms with Crippen LogP contribution in [0, 0.1) is 29.5 Å². The average molecular weight is 679 g/mol. The minimum Gasteiger partial charge on any atom is -0.508 e. The number of nitrogens with zero attached hydrogens (tertiary/aromatic N) is 2. The molecule has 2 aliphatic carbocycles. The smallest absolute Gasteiger partial charge is 0.260 e. The van der Waals surface area contributed by atoms with Crippen molar-refractivity contribution in [3.8, 4) is 5.75 Å². The van der Waals surface area contributed by atoms with Gasteiger partial charge in [-0.15, -0.1) is 0 Å². The van der Waals surface area contributed by atoms with E-state index in [1.54, 1.807) is 36.4 Å². The molecular formula is C33H26BrClFN3O5. The molecule has 0 aromatic heterocycles. The maximum absolute atomic E-state index is 15.0. The first-order valence-electron chi connectivity index (χ1n) is 14.2. The maximum atomic E-state index is 15.0. The van der Waals surface area contributed by atoms with Gasteiger partial charge in [0.25, 0.3) is 11.8 Å². The average Bonchev–Trinajstić information content (AvgIpc) is 3.36. The van der Waals surface area contributed by atoms with E-state index >= 15 is 0 Å². The molecule has 6 atom stereocenters. The van der Waals surface area contributed by atoms with Crippen LogP contribution in [-0.2, 0) is 24.6 Å². The highest BCUT2D eigenvalue weighted by Gasteiger charge is 2.70. The number of fused-ring (bicyclic) bond motifs is 4. The van der Waals surface area contributed by atoms with Crippen LogP contribution >= 0.6 is 27.5 Å². The van der Waals surface area contributed by atoms with Crippen molar-refractivity contribution in [1.82, 2.24) is 9.91 Å². The van der Waals surface area contributed by atoms with E-state index < -0.39 is 52.6 Å². The minimum absolute atomic E-state index is 0.0786. The topological polar surface area (TPSA) is 107 Å². The molecule has 44 heavy (non-hydrogen) atoms. The lowest BCUT2D eigenvalue weighted by Crippen LogP contribution is -2.53. The number of likely N-dealkylation sites (tertiary alicyclic amines) is 1. The molecule has 0 spiro atoms. The quantitative estimate of drug-likeness (QED) is 0.277. The van der Waals surface area contributed by atoms with Crippen LogP contribution in [0.1, 0.15) is 29.9 Å². The summed E-state index contributed by atoms with van der Waals surface area (Å²) in [4.78, 5) is 57.2. The second kappa shape index (κ2) is 10.3. The number of hydrazine groups is 1. The normalized spacial score (nSPS) is 29.4. The maximum Gasteiger partial charge on any atom is 0.260 e. The number of hydrogen-bond acceptors (Lipinski definition) is 6. The summed E-state index contributed by atoms with van der Waals surface area (Å²) >= 11 is 9.79. The Morgan fingerprint density at radius 2 is 1.66 bits per heavy atom. The number of amides is 4. The van der Waals surface area contributed by atoms with Crippen molar-refractivity contribution in [2.75, 3.05) is 12.5 Å². The minimum atomic E-state index is -1.56. The van der Waals surface area contributed by atoms with Crippen molar-refractivity contribution in [2.24, 2.45) is 23.7 Å². The first-order valence-corrected chi connectivity index (χ1v) is 15.4. The second-order valence-electron chi connectivity index (χ2n) is 11.8. The van der Waals surface area contributed by atoms with Crippen LogP contribution in [0.3, 0.4) is 0 Å². The molecule has 3 aromatic carbocycles. The van der Waals surface area contributed by atoms with Crippen molar-refractivity contribution < 1.29 is 28.7 Å². The Bertz CT molecular complexity index is 1780. The number of halogens is 3. The van der Waals surface area contributed by atoms with Crippen molar-refractivity contribution >= 4 is 56.8 Å². The van der Waals surface area contributed by atoms with E-state index in [1.807, 2.05) is 6.08 Å². The van der Waals surface area contributed by atoms with E-state index in [9.17, 15) is 28.7 Å². The Morgan fingerprint density at radius 1 is 0.955 bits per heavy atom. The Morgan fingerprint density at radius 3 is 2.36 bits per heavy atom. The molecular weight excluding hydrogens is 653 g/mol. The number of nitrogens with one attached hydrogen (secondary N) is 1. The van der Waals surface area contributed by atoms with Gasteiger partial charge in [0.05, 0.1) is 28.9 Å². The van der Waals surface area contributed by atoms with Crippen LogP contribution in [0.2, 0.25) is 5.02 Å². The molecule has 1 saturated carbocycles. The summed E-state index contributed by atoms with van der Waals surface area (Å²) in [5.74, 6) is -5.88. The predicted octanol–water partition coefficient (Wildman–Crippen LogP) is 5.56. The lowest BCUT2D eigenvalue weighted by Gasteiger charge is -2.50. The summed E-state index contributed by atoms with van der Waals surface area (Å²) in [7, 11) is 1.47. The van der Waals surface area contributed by atoms with Gasteiger partial charge in [0.15, 0.2) is 0 Å². The number of phenolic OH excluding ortho intramolecular Hbond substituents is 1. The summed E-state index contributed by atoms with van der Waals surface area (Å²) in [6, 6.07) is 17.0. The zero-order valence-corrected chi connectivity index (χ0v) is 25.7. The zero-order valence-electron chi connectivity index (χ0n) is 23.3. The van der Waals surface area contributed by atoms with Gasteiger partial charge in [0.1, 0.15) is 11.6 Å². The van der Waals surface area contributed by atoms with Crippen LogP contribution in [0.5, 0.6) is 5.75 Å². The van der Waals surface area contributed by atoms with E-state index in [0.717, 1.165) is 15.5 Å². The Kier molecular flexibility index (Phi) is 6.71. The number of carbonyl (C=O) groups excluding carboxylic acids is 4. The number of aromatic hydroxyl groups is 1. The van der Waals surface area contributed by atoms with Gasteiger partial charge >= 0.3 is 0 Å². The standard InChI is InChI=1S/C33H26BrClFN3O5/c1-38-29(41)22-12-11-21-23(27(22)31(38)43)15-25-30(42)39(37-20-9-7-19(36)8-10-20)32(44)33(25,16-2-5-18(35)6-3-16)28(21)24-14-17(34)4-13-26(24)40/h2-11,13-14,22-23,25,27-28,37,40H,12,15H2,1H3. The third-order valence-electron chi connectivity index (χ3n) is 9.78. The van der Waals surface area contributed by atoms with Gasteiger partial charge in [0, 0.05) is 28.0 Å². The molecule has 2 aliphatic heterocycles. The number of hydrogen-bond donors (Lipinski definition) is 2. The summed E-state index contributed by atoms with van der Waals surface area (Å²) < 4.78 is 14.4. The third kappa shape index (κ3) is 4.00. The summed E-state index contributed by atoms with van der Waals surface area (Å²) in [6.07, 6.45) is 2.33. The monoisotopic (exact) mass is 677 g/mol. The number of phenols is 1. The zero-order chi connectivity index (χ0) is 31.1. The van der Waals surface area contributed by atoms with E-state index in [2.05, 4.69) is 21.4 Å². The van der Waals surface area contributed by atoms with Gasteiger partial charge in [-0.05, 0) is 78.9 Å². The van der Waals surface area contributed by atoms with Crippen LogP contribution in [0.4, 0.5) is 10.1 Å². The van der Waals surface area contributed by atoms with Gasteiger partial charge in [-0.25, -0.2) is 4.39 Å². The second-order valence-corrected chi connectivity index (χ2v) is 13.2. The summed E-state index contributed by atoms with van der Waals surface area (Å²) in [5.41, 5.74) is 3.33. The van der Waals surface area contributed by atoms with Crippen molar-refractivity contribution in [1.29, 1.82) is 0 Å². The fourth-order valence-corrected chi connectivity index (χ4v) is 8.42. The van der Waals surface area contributed by atoms with Crippen LogP contribution < -0.4 is 5.43 Å². The number of carbonyl (C=O) groups is 4. The van der Waals surface area contributed by atoms with Crippen LogP contribution in [0.25, 0.3) is 0 Å². The van der Waals surface area contributed by atoms with Gasteiger partial charge in [-0.3, -0.25) is 29.5 Å². The Balaban J connectivity index is 1.49. The molecule has 11 heteroatoms. The van der Waals surface area contributed by atoms with Crippen molar-refractivity contribution in [3.63, 3.8) is 0 Å². The SMILES string of the molecule is CN1C(=O)C2CC=C3C(CC4C(=O)N(Nc5ccc(F)cc5)C(=O)C4(c4ccc(Cl)cc4)C3c3cc(Br)ccc3O)C2C1=O. The summed E-state index contributed by atoms with van der Waals surface area (Å²) in [6.45, 7) is 0. The molecule has 2 saturated heterocycles. The Labute approximate surface area is 265 Å². The molecule has 7 rings (SSSR count). The van der Waals surface area contributed by atoms with Crippen molar-refractivity contribution in [2.45, 2.75) is 24.2 Å². The molecule has 3 fully saturated rings. The first kappa shape index (κ1) is 28.7. The predicted molar refractivity (Wildman–Crippen MR) is 163 cm³/mol. The highest BCUT2D eigenvalue weighted by Crippen LogP contribution is 2.65. The van der Waals surface area contributed by atoms with Gasteiger partial charge < -0.3 is 5.11 Å². The van der Waals surface area contributed by atoms with E-state index in [0.29, 0.717) is 26.3 Å². The Hall–Kier alpha value is -4.02. The highest BCUT2D eigenvalue weighted by atomic mass is 79.9. The van der Waals surface area contributed by atoms with Gasteiger partial charge in [-0.2, -0.15) is 5.01 Å². The number of allylic oxidation sites excluding steroid dienone is 2. The highest BCUT2D eigenvalue weighted by molar-refractivity contribution is 9.10. The molecule has 2 N–H and O–H groups in total. The van der Waals surface area contributed by atoms with Crippen LogP contribution in [-0.4, -0.2) is 45.7 Å². The number of imide groups is 2. The molecule has 224 valence electrons. The third-order valence-corrected chi connectivity index (χ3v) is 10.5. The summed E-state index contributed by atoms with van der Waals surface area (Å²) in [5, 5.41) is 12.8.